The Bertz CT molecular complexity index is 291. The molecule has 0 amide bonds. The van der Waals surface area contributed by atoms with E-state index >= 15 is 0 Å². The van der Waals surface area contributed by atoms with Crippen LogP contribution in [0, 0.1) is 6.92 Å². The molecule has 0 spiro atoms. The summed E-state index contributed by atoms with van der Waals surface area (Å²) >= 11 is 5.31. The van der Waals surface area contributed by atoms with Crippen molar-refractivity contribution >= 4 is 11.6 Å². The van der Waals surface area contributed by atoms with E-state index in [-0.39, 0.29) is 10.6 Å². The van der Waals surface area contributed by atoms with Gasteiger partial charge in [-0.2, -0.15) is 13.2 Å². The van der Waals surface area contributed by atoms with Gasteiger partial charge in [0.1, 0.15) is 0 Å². The molecule has 12 heavy (non-hydrogen) atoms. The SMILES string of the molecule is [CH]c1ccc(C(F)(F)F)c(Cl)c1. The zero-order valence-corrected chi connectivity index (χ0v) is 6.58. The molecule has 4 heteroatoms. The average Bonchev–Trinajstić information content (AvgIpc) is 1.83. The lowest BCUT2D eigenvalue weighted by molar-refractivity contribution is -0.137. The van der Waals surface area contributed by atoms with E-state index in [2.05, 4.69) is 0 Å². The van der Waals surface area contributed by atoms with E-state index in [1.807, 2.05) is 0 Å². The third-order valence-corrected chi connectivity index (χ3v) is 1.61. The number of rotatable bonds is 0. The van der Waals surface area contributed by atoms with Gasteiger partial charge in [0, 0.05) is 0 Å². The third kappa shape index (κ3) is 1.91. The summed E-state index contributed by atoms with van der Waals surface area (Å²) in [6, 6.07) is 3.09. The Kier molecular flexibility index (Phi) is 2.33. The highest BCUT2D eigenvalue weighted by atomic mass is 35.5. The van der Waals surface area contributed by atoms with Crippen molar-refractivity contribution in [3.05, 3.63) is 41.3 Å². The van der Waals surface area contributed by atoms with Crippen LogP contribution in [-0.2, 0) is 6.18 Å². The lowest BCUT2D eigenvalue weighted by Crippen LogP contribution is -2.05. The van der Waals surface area contributed by atoms with Crippen LogP contribution in [0.5, 0.6) is 0 Å². The molecule has 0 saturated carbocycles. The van der Waals surface area contributed by atoms with E-state index in [4.69, 9.17) is 18.5 Å². The first-order valence-corrected chi connectivity index (χ1v) is 3.41. The van der Waals surface area contributed by atoms with Gasteiger partial charge < -0.3 is 0 Å². The molecule has 0 saturated heterocycles. The standard InChI is InChI=1S/C8H4ClF3/c1-5-2-3-6(7(9)4-5)8(10,11)12/h1-4H. The lowest BCUT2D eigenvalue weighted by atomic mass is 10.1. The fourth-order valence-corrected chi connectivity index (χ4v) is 1.06. The summed E-state index contributed by atoms with van der Waals surface area (Å²) in [7, 11) is 0. The number of halogens is 4. The zero-order valence-electron chi connectivity index (χ0n) is 5.82. The fraction of sp³-hybridized carbons (Fsp3) is 0.125. The molecule has 1 aromatic rings. The summed E-state index contributed by atoms with van der Waals surface area (Å²) in [6.45, 7) is 5.22. The minimum absolute atomic E-state index is 0.216. The molecule has 0 atom stereocenters. The van der Waals surface area contributed by atoms with Crippen LogP contribution in [0.15, 0.2) is 18.2 Å². The van der Waals surface area contributed by atoms with Crippen LogP contribution in [0.1, 0.15) is 11.1 Å². The number of benzene rings is 1. The molecule has 0 fully saturated rings. The summed E-state index contributed by atoms with van der Waals surface area (Å²) < 4.78 is 36.2. The number of alkyl halides is 3. The molecule has 0 N–H and O–H groups in total. The summed E-state index contributed by atoms with van der Waals surface area (Å²) in [4.78, 5) is 0. The second-order valence-electron chi connectivity index (χ2n) is 2.24. The second kappa shape index (κ2) is 2.98. The summed E-state index contributed by atoms with van der Waals surface area (Å²) in [5.74, 6) is 0. The van der Waals surface area contributed by atoms with Gasteiger partial charge in [0.15, 0.2) is 0 Å². The number of hydrogen-bond donors (Lipinski definition) is 0. The van der Waals surface area contributed by atoms with Crippen molar-refractivity contribution in [2.45, 2.75) is 6.18 Å². The molecular formula is C8H4ClF3. The highest BCUT2D eigenvalue weighted by molar-refractivity contribution is 6.31. The molecule has 0 bridgehead atoms. The summed E-state index contributed by atoms with van der Waals surface area (Å²) in [6.07, 6.45) is -4.41. The molecule has 64 valence electrons. The van der Waals surface area contributed by atoms with Crippen molar-refractivity contribution in [3.63, 3.8) is 0 Å². The largest absolute Gasteiger partial charge is 0.417 e. The molecule has 0 aliphatic heterocycles. The predicted octanol–water partition coefficient (Wildman–Crippen LogP) is 3.42. The summed E-state index contributed by atoms with van der Waals surface area (Å²) in [5.41, 5.74) is -0.647. The molecule has 0 aliphatic rings. The maximum atomic E-state index is 12.1. The van der Waals surface area contributed by atoms with E-state index in [1.165, 1.54) is 0 Å². The van der Waals surface area contributed by atoms with Crippen LogP contribution in [0.2, 0.25) is 5.02 Å². The normalized spacial score (nSPS) is 11.8. The highest BCUT2D eigenvalue weighted by Gasteiger charge is 2.32. The van der Waals surface area contributed by atoms with Crippen molar-refractivity contribution in [2.24, 2.45) is 0 Å². The van der Waals surface area contributed by atoms with E-state index in [0.717, 1.165) is 18.2 Å². The van der Waals surface area contributed by atoms with Gasteiger partial charge in [-0.3, -0.25) is 0 Å². The van der Waals surface area contributed by atoms with E-state index in [1.54, 1.807) is 0 Å². The topological polar surface area (TPSA) is 0 Å². The molecule has 0 aromatic heterocycles. The van der Waals surface area contributed by atoms with E-state index < -0.39 is 11.7 Å². The highest BCUT2D eigenvalue weighted by Crippen LogP contribution is 2.34. The Labute approximate surface area is 73.0 Å². The van der Waals surface area contributed by atoms with Crippen molar-refractivity contribution in [1.29, 1.82) is 0 Å². The third-order valence-electron chi connectivity index (χ3n) is 1.30. The van der Waals surface area contributed by atoms with Gasteiger partial charge in [-0.15, -0.1) is 0 Å². The first-order chi connectivity index (χ1) is 5.41. The Morgan fingerprint density at radius 1 is 1.25 bits per heavy atom. The van der Waals surface area contributed by atoms with Gasteiger partial charge in [0.2, 0.25) is 0 Å². The quantitative estimate of drug-likeness (QED) is 0.591. The maximum Gasteiger partial charge on any atom is 0.417 e. The smallest absolute Gasteiger partial charge is 0.166 e. The number of hydrogen-bond acceptors (Lipinski definition) is 0. The molecular weight excluding hydrogens is 189 g/mol. The van der Waals surface area contributed by atoms with Gasteiger partial charge in [0.25, 0.3) is 0 Å². The minimum atomic E-state index is -4.41. The van der Waals surface area contributed by atoms with Crippen LogP contribution in [0.4, 0.5) is 13.2 Å². The predicted molar refractivity (Wildman–Crippen MR) is 39.9 cm³/mol. The average molecular weight is 193 g/mol. The van der Waals surface area contributed by atoms with Crippen LogP contribution >= 0.6 is 11.6 Å². The molecule has 0 aliphatic carbocycles. The molecule has 0 nitrogen and oxygen atoms in total. The van der Waals surface area contributed by atoms with E-state index in [9.17, 15) is 13.2 Å². The fourth-order valence-electron chi connectivity index (χ4n) is 0.761. The van der Waals surface area contributed by atoms with Crippen LogP contribution in [0.3, 0.4) is 0 Å². The minimum Gasteiger partial charge on any atom is -0.166 e. The van der Waals surface area contributed by atoms with Crippen LogP contribution in [-0.4, -0.2) is 0 Å². The molecule has 1 aromatic carbocycles. The van der Waals surface area contributed by atoms with Crippen LogP contribution in [0.25, 0.3) is 0 Å². The summed E-state index contributed by atoms with van der Waals surface area (Å²) in [5, 5.41) is -0.373. The van der Waals surface area contributed by atoms with Gasteiger partial charge in [0.05, 0.1) is 10.6 Å². The maximum absolute atomic E-state index is 12.1. The van der Waals surface area contributed by atoms with Gasteiger partial charge in [-0.25, -0.2) is 0 Å². The van der Waals surface area contributed by atoms with Crippen molar-refractivity contribution in [3.8, 4) is 0 Å². The van der Waals surface area contributed by atoms with Crippen molar-refractivity contribution < 1.29 is 13.2 Å². The van der Waals surface area contributed by atoms with Gasteiger partial charge in [-0.1, -0.05) is 17.7 Å². The van der Waals surface area contributed by atoms with Gasteiger partial charge in [-0.05, 0) is 24.6 Å². The second-order valence-corrected chi connectivity index (χ2v) is 2.64. The lowest BCUT2D eigenvalue weighted by Gasteiger charge is -2.08. The molecule has 0 heterocycles. The van der Waals surface area contributed by atoms with Crippen LogP contribution < -0.4 is 0 Å². The first-order valence-electron chi connectivity index (χ1n) is 3.03. The molecule has 2 radical (unpaired) electrons. The Balaban J connectivity index is 3.19. The van der Waals surface area contributed by atoms with E-state index in [0.29, 0.717) is 0 Å². The van der Waals surface area contributed by atoms with Gasteiger partial charge >= 0.3 is 6.18 Å². The van der Waals surface area contributed by atoms with Crippen molar-refractivity contribution in [1.82, 2.24) is 0 Å². The Hall–Kier alpha value is -0.700. The molecule has 1 rings (SSSR count). The Morgan fingerprint density at radius 2 is 1.83 bits per heavy atom. The van der Waals surface area contributed by atoms with Crippen molar-refractivity contribution in [2.75, 3.05) is 0 Å². The zero-order chi connectivity index (χ0) is 9.35. The molecule has 0 unspecified atom stereocenters. The first kappa shape index (κ1) is 9.39. The monoisotopic (exact) mass is 192 g/mol. The Morgan fingerprint density at radius 3 is 2.25 bits per heavy atom.